The van der Waals surface area contributed by atoms with E-state index in [1.165, 1.54) is 6.26 Å². The molecule has 1 fully saturated rings. The summed E-state index contributed by atoms with van der Waals surface area (Å²) in [6, 6.07) is 15.2. The van der Waals surface area contributed by atoms with E-state index in [4.69, 9.17) is 4.99 Å². The molecule has 1 spiro atoms. The van der Waals surface area contributed by atoms with Crippen molar-refractivity contribution in [1.29, 1.82) is 0 Å². The molecule has 27 heavy (non-hydrogen) atoms. The van der Waals surface area contributed by atoms with Crippen molar-refractivity contribution in [2.24, 2.45) is 4.99 Å². The number of hydrogen-bond acceptors (Lipinski definition) is 5. The number of para-hydroxylation sites is 2. The van der Waals surface area contributed by atoms with Gasteiger partial charge in [-0.15, -0.1) is 0 Å². The van der Waals surface area contributed by atoms with E-state index in [9.17, 15) is 8.42 Å². The summed E-state index contributed by atoms with van der Waals surface area (Å²) in [5.41, 5.74) is 2.54. The van der Waals surface area contributed by atoms with Crippen LogP contribution in [0.4, 0.5) is 11.4 Å². The Balaban J connectivity index is 1.71. The van der Waals surface area contributed by atoms with Crippen molar-refractivity contribution in [2.45, 2.75) is 29.8 Å². The first-order valence-electron chi connectivity index (χ1n) is 9.16. The van der Waals surface area contributed by atoms with Crippen molar-refractivity contribution < 1.29 is 8.42 Å². The average Bonchev–Trinajstić information content (AvgIpc) is 2.66. The highest BCUT2D eigenvalue weighted by Crippen LogP contribution is 2.36. The minimum atomic E-state index is -3.28. The predicted molar refractivity (Wildman–Crippen MR) is 109 cm³/mol. The molecule has 3 N–H and O–H groups in total. The van der Waals surface area contributed by atoms with Crippen molar-refractivity contribution in [2.75, 3.05) is 30.0 Å². The first kappa shape index (κ1) is 18.0. The summed E-state index contributed by atoms with van der Waals surface area (Å²) < 4.78 is 24.2. The highest BCUT2D eigenvalue weighted by molar-refractivity contribution is 7.90. The Morgan fingerprint density at radius 3 is 2.41 bits per heavy atom. The molecule has 2 aromatic carbocycles. The highest BCUT2D eigenvalue weighted by Gasteiger charge is 2.40. The quantitative estimate of drug-likeness (QED) is 0.758. The Morgan fingerprint density at radius 1 is 1.00 bits per heavy atom. The van der Waals surface area contributed by atoms with Gasteiger partial charge in [-0.2, -0.15) is 0 Å². The number of nitrogens with one attached hydrogen (secondary N) is 3. The van der Waals surface area contributed by atoms with E-state index in [1.54, 1.807) is 12.1 Å². The Bertz CT molecular complexity index is 979. The van der Waals surface area contributed by atoms with E-state index >= 15 is 0 Å². The summed E-state index contributed by atoms with van der Waals surface area (Å²) in [4.78, 5) is 5.20. The van der Waals surface area contributed by atoms with Gasteiger partial charge in [0.2, 0.25) is 0 Å². The van der Waals surface area contributed by atoms with Crippen LogP contribution in [0.5, 0.6) is 0 Å². The van der Waals surface area contributed by atoms with Gasteiger partial charge < -0.3 is 16.0 Å². The van der Waals surface area contributed by atoms with Crippen molar-refractivity contribution in [3.05, 3.63) is 54.1 Å². The number of hydrogen-bond donors (Lipinski definition) is 3. The van der Waals surface area contributed by atoms with Crippen LogP contribution in [0.2, 0.25) is 0 Å². The molecule has 142 valence electrons. The van der Waals surface area contributed by atoms with Gasteiger partial charge in [0.25, 0.3) is 0 Å². The van der Waals surface area contributed by atoms with Gasteiger partial charge in [-0.3, -0.25) is 4.99 Å². The summed E-state index contributed by atoms with van der Waals surface area (Å²) >= 11 is 0. The molecular formula is C20H24N4O2S. The third kappa shape index (κ3) is 3.57. The van der Waals surface area contributed by atoms with Crippen LogP contribution in [0.25, 0.3) is 0 Å². The van der Waals surface area contributed by atoms with E-state index in [-0.39, 0.29) is 5.54 Å². The molecule has 6 nitrogen and oxygen atoms in total. The number of benzene rings is 2. The Hall–Kier alpha value is -2.38. The van der Waals surface area contributed by atoms with Gasteiger partial charge in [0.05, 0.1) is 28.4 Å². The molecule has 4 rings (SSSR count). The maximum absolute atomic E-state index is 12.1. The Kier molecular flexibility index (Phi) is 4.65. The lowest BCUT2D eigenvalue weighted by Gasteiger charge is -2.44. The Labute approximate surface area is 160 Å². The lowest BCUT2D eigenvalue weighted by Crippen LogP contribution is -2.57. The van der Waals surface area contributed by atoms with Gasteiger partial charge in [-0.25, -0.2) is 8.42 Å². The molecule has 0 aliphatic carbocycles. The maximum atomic E-state index is 12.1. The van der Waals surface area contributed by atoms with Gasteiger partial charge in [-0.1, -0.05) is 30.3 Å². The molecule has 1 saturated heterocycles. The number of amidine groups is 1. The zero-order chi connectivity index (χ0) is 18.9. The minimum Gasteiger partial charge on any atom is -0.371 e. The number of anilines is 2. The van der Waals surface area contributed by atoms with Crippen LogP contribution in [0.15, 0.2) is 58.4 Å². The van der Waals surface area contributed by atoms with E-state index < -0.39 is 9.84 Å². The first-order chi connectivity index (χ1) is 13.0. The second-order valence-electron chi connectivity index (χ2n) is 7.17. The molecule has 0 saturated carbocycles. The predicted octanol–water partition coefficient (Wildman–Crippen LogP) is 2.65. The van der Waals surface area contributed by atoms with Crippen molar-refractivity contribution in [3.63, 3.8) is 0 Å². The number of rotatable bonds is 3. The monoisotopic (exact) mass is 384 g/mol. The lowest BCUT2D eigenvalue weighted by molar-refractivity contribution is 0.419. The molecule has 0 bridgehead atoms. The fraction of sp³-hybridized carbons (Fsp3) is 0.350. The largest absolute Gasteiger partial charge is 0.371 e. The molecule has 2 heterocycles. The third-order valence-corrected chi connectivity index (χ3v) is 6.44. The zero-order valence-corrected chi connectivity index (χ0v) is 16.1. The molecule has 7 heteroatoms. The topological polar surface area (TPSA) is 82.6 Å². The fourth-order valence-corrected chi connectivity index (χ4v) is 4.77. The van der Waals surface area contributed by atoms with Gasteiger partial charge >= 0.3 is 0 Å². The van der Waals surface area contributed by atoms with E-state index in [2.05, 4.69) is 22.0 Å². The molecular weight excluding hydrogens is 360 g/mol. The first-order valence-corrected chi connectivity index (χ1v) is 11.0. The smallest absolute Gasteiger partial charge is 0.175 e. The van der Waals surface area contributed by atoms with Crippen molar-refractivity contribution in [1.82, 2.24) is 5.32 Å². The van der Waals surface area contributed by atoms with Crippen LogP contribution in [0.3, 0.4) is 0 Å². The van der Waals surface area contributed by atoms with Gasteiger partial charge in [0.15, 0.2) is 9.84 Å². The molecule has 0 atom stereocenters. The lowest BCUT2D eigenvalue weighted by atomic mass is 9.84. The van der Waals surface area contributed by atoms with Gasteiger partial charge in [0.1, 0.15) is 5.84 Å². The van der Waals surface area contributed by atoms with E-state index in [0.717, 1.165) is 48.7 Å². The van der Waals surface area contributed by atoms with Crippen LogP contribution in [-0.4, -0.2) is 39.1 Å². The number of piperidine rings is 1. The minimum absolute atomic E-state index is 0.250. The van der Waals surface area contributed by atoms with Gasteiger partial charge in [0, 0.05) is 6.26 Å². The summed E-state index contributed by atoms with van der Waals surface area (Å²) in [5, 5.41) is 10.6. The Morgan fingerprint density at radius 2 is 1.67 bits per heavy atom. The van der Waals surface area contributed by atoms with Crippen LogP contribution in [-0.2, 0) is 16.4 Å². The fourth-order valence-electron chi connectivity index (χ4n) is 3.83. The summed E-state index contributed by atoms with van der Waals surface area (Å²) in [6.07, 6.45) is 3.08. The number of sulfone groups is 1. The summed E-state index contributed by atoms with van der Waals surface area (Å²) in [5.74, 6) is 0.881. The van der Waals surface area contributed by atoms with Crippen LogP contribution in [0, 0.1) is 0 Å². The molecule has 0 aromatic heterocycles. The molecule has 0 amide bonds. The molecule has 2 aromatic rings. The molecule has 2 aliphatic rings. The number of nitrogens with zero attached hydrogens (tertiary/aromatic N) is 1. The molecule has 0 unspecified atom stereocenters. The van der Waals surface area contributed by atoms with E-state index in [0.29, 0.717) is 11.4 Å². The molecule has 0 radical (unpaired) electrons. The summed E-state index contributed by atoms with van der Waals surface area (Å²) in [6.45, 7) is 2.15. The molecule has 2 aliphatic heterocycles. The van der Waals surface area contributed by atoms with Crippen molar-refractivity contribution >= 4 is 27.0 Å². The SMILES string of the molecule is CS(=O)(=O)c1ccccc1CN=C1Nc2ccccc2NC12CCNCC2. The van der Waals surface area contributed by atoms with Crippen LogP contribution >= 0.6 is 0 Å². The van der Waals surface area contributed by atoms with E-state index in [1.807, 2.05) is 30.3 Å². The van der Waals surface area contributed by atoms with Crippen LogP contribution in [0.1, 0.15) is 18.4 Å². The summed E-state index contributed by atoms with van der Waals surface area (Å²) in [7, 11) is -3.28. The normalized spacial score (nSPS) is 20.0. The highest BCUT2D eigenvalue weighted by atomic mass is 32.2. The standard InChI is InChI=1S/C20H24N4O2S/c1-27(25,26)18-9-5-2-6-15(18)14-22-19-20(10-12-21-13-11-20)24-17-8-4-3-7-16(17)23-19/h2-9,21,24H,10-14H2,1H3,(H,22,23). The average molecular weight is 385 g/mol. The zero-order valence-electron chi connectivity index (χ0n) is 15.3. The second kappa shape index (κ2) is 6.98. The van der Waals surface area contributed by atoms with Gasteiger partial charge in [-0.05, 0) is 49.7 Å². The number of fused-ring (bicyclic) bond motifs is 1. The second-order valence-corrected chi connectivity index (χ2v) is 9.16. The third-order valence-electron chi connectivity index (χ3n) is 5.24. The van der Waals surface area contributed by atoms with Crippen LogP contribution < -0.4 is 16.0 Å². The number of aliphatic imine (C=N–C) groups is 1. The van der Waals surface area contributed by atoms with Crippen molar-refractivity contribution in [3.8, 4) is 0 Å². The maximum Gasteiger partial charge on any atom is 0.175 e.